The Balaban J connectivity index is 2.44. The first-order valence-corrected chi connectivity index (χ1v) is 8.79. The third kappa shape index (κ3) is 3.51. The van der Waals surface area contributed by atoms with Gasteiger partial charge in [0.25, 0.3) is 0 Å². The Labute approximate surface area is 171 Å². The van der Waals surface area contributed by atoms with E-state index in [1.54, 1.807) is 30.3 Å². The fraction of sp³-hybridized carbons (Fsp3) is 0.105. The lowest BCUT2D eigenvalue weighted by Crippen LogP contribution is -2.15. The van der Waals surface area contributed by atoms with Crippen LogP contribution in [0.4, 0.5) is 13.2 Å². The van der Waals surface area contributed by atoms with Crippen LogP contribution >= 0.6 is 15.9 Å². The van der Waals surface area contributed by atoms with Gasteiger partial charge in [-0.25, -0.2) is 27.4 Å². The number of rotatable bonds is 4. The SMILES string of the molecule is COC(=O)c1c(-c2cc(F)c(F)c(Br)c2F)nn(-c2ccccc2)c1C(=O)OC. The van der Waals surface area contributed by atoms with Crippen LogP contribution in [-0.4, -0.2) is 35.9 Å². The highest BCUT2D eigenvalue weighted by Crippen LogP contribution is 2.35. The summed E-state index contributed by atoms with van der Waals surface area (Å²) in [6.07, 6.45) is 0. The van der Waals surface area contributed by atoms with Gasteiger partial charge in [-0.1, -0.05) is 18.2 Å². The molecule has 1 aromatic heterocycles. The molecule has 29 heavy (non-hydrogen) atoms. The van der Waals surface area contributed by atoms with Crippen LogP contribution in [0.1, 0.15) is 20.8 Å². The molecule has 0 bridgehead atoms. The maximum absolute atomic E-state index is 14.7. The van der Waals surface area contributed by atoms with Gasteiger partial charge in [-0.05, 0) is 34.1 Å². The van der Waals surface area contributed by atoms with Gasteiger partial charge in [0.15, 0.2) is 17.3 Å². The van der Waals surface area contributed by atoms with Gasteiger partial charge < -0.3 is 9.47 Å². The lowest BCUT2D eigenvalue weighted by Gasteiger charge is -2.07. The Kier molecular flexibility index (Phi) is 5.73. The second-order valence-electron chi connectivity index (χ2n) is 5.65. The highest BCUT2D eigenvalue weighted by molar-refractivity contribution is 9.10. The fourth-order valence-electron chi connectivity index (χ4n) is 2.69. The van der Waals surface area contributed by atoms with Crippen molar-refractivity contribution in [3.8, 4) is 16.9 Å². The lowest BCUT2D eigenvalue weighted by molar-refractivity contribution is 0.0549. The van der Waals surface area contributed by atoms with Crippen molar-refractivity contribution < 1.29 is 32.2 Å². The van der Waals surface area contributed by atoms with Gasteiger partial charge in [0.1, 0.15) is 17.1 Å². The van der Waals surface area contributed by atoms with Crippen molar-refractivity contribution >= 4 is 27.9 Å². The van der Waals surface area contributed by atoms with E-state index in [2.05, 4.69) is 21.0 Å². The molecule has 0 unspecified atom stereocenters. The van der Waals surface area contributed by atoms with Gasteiger partial charge in [-0.15, -0.1) is 0 Å². The van der Waals surface area contributed by atoms with Gasteiger partial charge in [0.05, 0.1) is 24.4 Å². The Morgan fingerprint density at radius 2 is 1.62 bits per heavy atom. The number of benzene rings is 2. The number of methoxy groups -OCH3 is 2. The second kappa shape index (κ2) is 8.08. The van der Waals surface area contributed by atoms with Crippen LogP contribution in [0.25, 0.3) is 16.9 Å². The van der Waals surface area contributed by atoms with E-state index in [9.17, 15) is 22.8 Å². The molecule has 3 rings (SSSR count). The molecule has 0 saturated heterocycles. The highest BCUT2D eigenvalue weighted by atomic mass is 79.9. The van der Waals surface area contributed by atoms with E-state index in [0.717, 1.165) is 18.9 Å². The van der Waals surface area contributed by atoms with E-state index in [1.807, 2.05) is 0 Å². The maximum atomic E-state index is 14.7. The molecule has 0 radical (unpaired) electrons. The average Bonchev–Trinajstić information content (AvgIpc) is 3.14. The Morgan fingerprint density at radius 3 is 2.21 bits per heavy atom. The third-order valence-corrected chi connectivity index (χ3v) is 4.71. The zero-order valence-corrected chi connectivity index (χ0v) is 16.6. The van der Waals surface area contributed by atoms with E-state index in [-0.39, 0.29) is 5.69 Å². The largest absolute Gasteiger partial charge is 0.465 e. The molecule has 0 spiro atoms. The minimum atomic E-state index is -1.44. The first-order chi connectivity index (χ1) is 13.8. The minimum Gasteiger partial charge on any atom is -0.465 e. The minimum absolute atomic E-state index is 0.339. The van der Waals surface area contributed by atoms with Crippen molar-refractivity contribution in [1.29, 1.82) is 0 Å². The van der Waals surface area contributed by atoms with Gasteiger partial charge in [0.2, 0.25) is 0 Å². The van der Waals surface area contributed by atoms with Crippen LogP contribution in [-0.2, 0) is 9.47 Å². The van der Waals surface area contributed by atoms with Crippen molar-refractivity contribution in [2.75, 3.05) is 14.2 Å². The van der Waals surface area contributed by atoms with Crippen molar-refractivity contribution in [2.24, 2.45) is 0 Å². The number of carbonyl (C=O) groups is 2. The predicted octanol–water partition coefficient (Wildman–Crippen LogP) is 4.29. The number of carbonyl (C=O) groups excluding carboxylic acids is 2. The average molecular weight is 469 g/mol. The fourth-order valence-corrected chi connectivity index (χ4v) is 3.09. The molecule has 6 nitrogen and oxygen atoms in total. The van der Waals surface area contributed by atoms with Crippen molar-refractivity contribution in [3.05, 3.63) is 69.6 Å². The standard InChI is InChI=1S/C19H12BrF3N2O4/c1-28-18(26)12-16(10-8-11(21)15(23)13(20)14(10)22)24-25(17(12)19(27)29-2)9-6-4-3-5-7-9/h3-8H,1-2H3. The predicted molar refractivity (Wildman–Crippen MR) is 99.3 cm³/mol. The summed E-state index contributed by atoms with van der Waals surface area (Å²) >= 11 is 2.64. The molecule has 10 heteroatoms. The van der Waals surface area contributed by atoms with Crippen LogP contribution < -0.4 is 0 Å². The summed E-state index contributed by atoms with van der Waals surface area (Å²) in [6, 6.07) is 8.68. The van der Waals surface area contributed by atoms with E-state index < -0.39 is 50.7 Å². The number of esters is 2. The normalized spacial score (nSPS) is 10.7. The number of hydrogen-bond donors (Lipinski definition) is 0. The molecule has 0 saturated carbocycles. The third-order valence-electron chi connectivity index (χ3n) is 4.01. The first-order valence-electron chi connectivity index (χ1n) is 8.00. The van der Waals surface area contributed by atoms with Crippen LogP contribution in [0.3, 0.4) is 0 Å². The molecule has 150 valence electrons. The van der Waals surface area contributed by atoms with Crippen LogP contribution in [0.5, 0.6) is 0 Å². The van der Waals surface area contributed by atoms with E-state index >= 15 is 0 Å². The Bertz CT molecular complexity index is 1120. The van der Waals surface area contributed by atoms with Gasteiger partial charge in [-0.3, -0.25) is 0 Å². The number of aromatic nitrogens is 2. The smallest absolute Gasteiger partial charge is 0.357 e. The summed E-state index contributed by atoms with van der Waals surface area (Å²) in [6.45, 7) is 0. The summed E-state index contributed by atoms with van der Waals surface area (Å²) in [7, 11) is 2.13. The summed E-state index contributed by atoms with van der Waals surface area (Å²) in [5, 5.41) is 4.13. The van der Waals surface area contributed by atoms with Crippen molar-refractivity contribution in [3.63, 3.8) is 0 Å². The molecule has 0 aliphatic rings. The summed E-state index contributed by atoms with van der Waals surface area (Å²) in [4.78, 5) is 24.9. The maximum Gasteiger partial charge on any atom is 0.357 e. The molecular formula is C19H12BrF3N2O4. The van der Waals surface area contributed by atoms with Crippen molar-refractivity contribution in [1.82, 2.24) is 9.78 Å². The molecule has 2 aromatic carbocycles. The van der Waals surface area contributed by atoms with Crippen LogP contribution in [0, 0.1) is 17.5 Å². The van der Waals surface area contributed by atoms with Gasteiger partial charge in [-0.2, -0.15) is 5.10 Å². The summed E-state index contributed by atoms with van der Waals surface area (Å²) < 4.78 is 52.1. The number of para-hydroxylation sites is 1. The summed E-state index contributed by atoms with van der Waals surface area (Å²) in [5.41, 5.74) is -1.44. The molecule has 3 aromatic rings. The first kappa shape index (κ1) is 20.6. The molecule has 0 aliphatic carbocycles. The van der Waals surface area contributed by atoms with Crippen molar-refractivity contribution in [2.45, 2.75) is 0 Å². The molecule has 0 amide bonds. The zero-order valence-electron chi connectivity index (χ0n) is 15.0. The Hall–Kier alpha value is -3.14. The number of nitrogens with zero attached hydrogens (tertiary/aromatic N) is 2. The quantitative estimate of drug-likeness (QED) is 0.324. The van der Waals surface area contributed by atoms with E-state index in [1.165, 1.54) is 0 Å². The molecule has 0 fully saturated rings. The zero-order chi connectivity index (χ0) is 21.3. The number of halogens is 4. The van der Waals surface area contributed by atoms with E-state index in [4.69, 9.17) is 9.47 Å². The highest BCUT2D eigenvalue weighted by Gasteiger charge is 2.33. The number of ether oxygens (including phenoxy) is 2. The molecule has 1 heterocycles. The Morgan fingerprint density at radius 1 is 1.00 bits per heavy atom. The lowest BCUT2D eigenvalue weighted by atomic mass is 10.0. The topological polar surface area (TPSA) is 70.4 Å². The van der Waals surface area contributed by atoms with E-state index in [0.29, 0.717) is 11.8 Å². The molecule has 0 atom stereocenters. The van der Waals surface area contributed by atoms with Crippen LogP contribution in [0.15, 0.2) is 40.9 Å². The molecule has 0 aliphatic heterocycles. The molecule has 0 N–H and O–H groups in total. The molecular weight excluding hydrogens is 457 g/mol. The number of hydrogen-bond acceptors (Lipinski definition) is 5. The van der Waals surface area contributed by atoms with Gasteiger partial charge in [0, 0.05) is 5.56 Å². The summed E-state index contributed by atoms with van der Waals surface area (Å²) in [5.74, 6) is -6.03. The second-order valence-corrected chi connectivity index (χ2v) is 6.44. The van der Waals surface area contributed by atoms with Gasteiger partial charge >= 0.3 is 11.9 Å². The van der Waals surface area contributed by atoms with Crippen LogP contribution in [0.2, 0.25) is 0 Å². The monoisotopic (exact) mass is 468 g/mol.